The van der Waals surface area contributed by atoms with Crippen molar-refractivity contribution in [3.8, 4) is 5.75 Å². The molecule has 2 fully saturated rings. The Morgan fingerprint density at radius 3 is 2.92 bits per heavy atom. The van der Waals surface area contributed by atoms with Gasteiger partial charge >= 0.3 is 0 Å². The number of nitrogens with one attached hydrogen (secondary N) is 1. The first-order valence-corrected chi connectivity index (χ1v) is 8.76. The zero-order valence-corrected chi connectivity index (χ0v) is 14.5. The first-order chi connectivity index (χ1) is 11.5. The maximum atomic E-state index is 12.8. The lowest BCUT2D eigenvalue weighted by molar-refractivity contribution is -0.132. The molecule has 2 aliphatic rings. The van der Waals surface area contributed by atoms with Crippen molar-refractivity contribution in [1.82, 2.24) is 10.2 Å². The molecule has 24 heavy (non-hydrogen) atoms. The maximum absolute atomic E-state index is 12.8. The van der Waals surface area contributed by atoms with Crippen molar-refractivity contribution in [2.24, 2.45) is 0 Å². The second-order valence-corrected chi connectivity index (χ2v) is 7.10. The number of carbonyl (C=O) groups is 2. The standard InChI is InChI=1S/C19H26N2O3/c1-19(11-9-17(22)20-19)12-10-18(23)21-13-5-7-15(21)14-6-3-4-8-16(14)24-2/h3-4,6,8,15H,5,7,9-13H2,1-2H3,(H,20,22). The Hall–Kier alpha value is -2.04. The van der Waals surface area contributed by atoms with Crippen LogP contribution in [0.15, 0.2) is 24.3 Å². The van der Waals surface area contributed by atoms with Crippen molar-refractivity contribution in [1.29, 1.82) is 0 Å². The van der Waals surface area contributed by atoms with Gasteiger partial charge in [-0.2, -0.15) is 0 Å². The third-order valence-corrected chi connectivity index (χ3v) is 5.31. The number of ether oxygens (including phenoxy) is 1. The highest BCUT2D eigenvalue weighted by Crippen LogP contribution is 2.37. The van der Waals surface area contributed by atoms with E-state index in [1.54, 1.807) is 7.11 Å². The average molecular weight is 330 g/mol. The molecule has 2 aliphatic heterocycles. The number of nitrogens with zero attached hydrogens (tertiary/aromatic N) is 1. The van der Waals surface area contributed by atoms with E-state index >= 15 is 0 Å². The van der Waals surface area contributed by atoms with Gasteiger partial charge in [-0.1, -0.05) is 18.2 Å². The van der Waals surface area contributed by atoms with Gasteiger partial charge in [-0.3, -0.25) is 9.59 Å². The van der Waals surface area contributed by atoms with Crippen LogP contribution in [0.2, 0.25) is 0 Å². The number of rotatable bonds is 5. The summed E-state index contributed by atoms with van der Waals surface area (Å²) < 4.78 is 5.47. The molecule has 0 bridgehead atoms. The molecule has 0 saturated carbocycles. The molecule has 2 amide bonds. The molecule has 5 heteroatoms. The zero-order valence-electron chi connectivity index (χ0n) is 14.5. The van der Waals surface area contributed by atoms with Gasteiger partial charge in [0.15, 0.2) is 0 Å². The molecule has 0 aromatic heterocycles. The van der Waals surface area contributed by atoms with E-state index in [0.717, 1.165) is 37.1 Å². The van der Waals surface area contributed by atoms with Crippen molar-refractivity contribution >= 4 is 11.8 Å². The Morgan fingerprint density at radius 2 is 2.21 bits per heavy atom. The van der Waals surface area contributed by atoms with Crippen LogP contribution in [-0.2, 0) is 9.59 Å². The maximum Gasteiger partial charge on any atom is 0.223 e. The van der Waals surface area contributed by atoms with E-state index in [-0.39, 0.29) is 23.4 Å². The summed E-state index contributed by atoms with van der Waals surface area (Å²) in [5.41, 5.74) is 0.859. The number of benzene rings is 1. The normalized spacial score (nSPS) is 26.5. The molecule has 1 aromatic carbocycles. The second-order valence-electron chi connectivity index (χ2n) is 7.10. The fraction of sp³-hybridized carbons (Fsp3) is 0.579. The van der Waals surface area contributed by atoms with E-state index in [4.69, 9.17) is 4.74 Å². The van der Waals surface area contributed by atoms with Gasteiger partial charge in [-0.05, 0) is 38.7 Å². The van der Waals surface area contributed by atoms with E-state index in [9.17, 15) is 9.59 Å². The lowest BCUT2D eigenvalue weighted by atomic mass is 9.93. The van der Waals surface area contributed by atoms with Gasteiger partial charge in [0.25, 0.3) is 0 Å². The molecule has 130 valence electrons. The smallest absolute Gasteiger partial charge is 0.223 e. The molecule has 0 radical (unpaired) electrons. The number of hydrogen-bond acceptors (Lipinski definition) is 3. The highest BCUT2D eigenvalue weighted by atomic mass is 16.5. The van der Waals surface area contributed by atoms with Crippen LogP contribution in [-0.4, -0.2) is 35.9 Å². The summed E-state index contributed by atoms with van der Waals surface area (Å²) in [6.45, 7) is 2.83. The molecule has 3 rings (SSSR count). The van der Waals surface area contributed by atoms with Crippen molar-refractivity contribution in [2.75, 3.05) is 13.7 Å². The Bertz CT molecular complexity index is 631. The predicted molar refractivity (Wildman–Crippen MR) is 91.7 cm³/mol. The van der Waals surface area contributed by atoms with Crippen molar-refractivity contribution < 1.29 is 14.3 Å². The summed E-state index contributed by atoms with van der Waals surface area (Å²) in [5.74, 6) is 1.11. The van der Waals surface area contributed by atoms with Gasteiger partial charge in [0.2, 0.25) is 11.8 Å². The molecular formula is C19H26N2O3. The number of methoxy groups -OCH3 is 1. The van der Waals surface area contributed by atoms with E-state index in [0.29, 0.717) is 19.3 Å². The van der Waals surface area contributed by atoms with Crippen LogP contribution >= 0.6 is 0 Å². The molecule has 2 atom stereocenters. The van der Waals surface area contributed by atoms with Crippen LogP contribution < -0.4 is 10.1 Å². The first kappa shape index (κ1) is 16.8. The fourth-order valence-electron chi connectivity index (χ4n) is 3.90. The minimum absolute atomic E-state index is 0.0954. The molecule has 2 unspecified atom stereocenters. The minimum atomic E-state index is -0.230. The number of hydrogen-bond donors (Lipinski definition) is 1. The lowest BCUT2D eigenvalue weighted by Gasteiger charge is -2.29. The molecule has 2 saturated heterocycles. The summed E-state index contributed by atoms with van der Waals surface area (Å²) in [4.78, 5) is 26.2. The Labute approximate surface area is 143 Å². The zero-order chi connectivity index (χ0) is 17.2. The monoisotopic (exact) mass is 330 g/mol. The summed E-state index contributed by atoms with van der Waals surface area (Å²) in [5, 5.41) is 3.01. The third-order valence-electron chi connectivity index (χ3n) is 5.31. The van der Waals surface area contributed by atoms with Gasteiger partial charge in [0.05, 0.1) is 13.2 Å². The van der Waals surface area contributed by atoms with E-state index in [1.807, 2.05) is 36.1 Å². The first-order valence-electron chi connectivity index (χ1n) is 8.76. The number of amides is 2. The quantitative estimate of drug-likeness (QED) is 0.903. The fourth-order valence-corrected chi connectivity index (χ4v) is 3.90. The summed E-state index contributed by atoms with van der Waals surface area (Å²) in [6.07, 6.45) is 4.55. The van der Waals surface area contributed by atoms with Crippen LogP contribution in [0.25, 0.3) is 0 Å². The van der Waals surface area contributed by atoms with Gasteiger partial charge < -0.3 is 15.0 Å². The molecule has 2 heterocycles. The summed E-state index contributed by atoms with van der Waals surface area (Å²) in [7, 11) is 1.67. The number of para-hydroxylation sites is 1. The van der Waals surface area contributed by atoms with E-state index in [2.05, 4.69) is 5.32 Å². The average Bonchev–Trinajstić information content (AvgIpc) is 3.20. The van der Waals surface area contributed by atoms with Crippen LogP contribution in [0.4, 0.5) is 0 Å². The molecule has 0 aliphatic carbocycles. The van der Waals surface area contributed by atoms with Crippen LogP contribution in [0.5, 0.6) is 5.75 Å². The van der Waals surface area contributed by atoms with Gasteiger partial charge in [-0.15, -0.1) is 0 Å². The SMILES string of the molecule is COc1ccccc1C1CCCN1C(=O)CCC1(C)CCC(=O)N1. The lowest BCUT2D eigenvalue weighted by Crippen LogP contribution is -2.40. The van der Waals surface area contributed by atoms with E-state index < -0.39 is 0 Å². The van der Waals surface area contributed by atoms with Gasteiger partial charge in [0, 0.05) is 30.5 Å². The van der Waals surface area contributed by atoms with Crippen LogP contribution in [0.3, 0.4) is 0 Å². The second kappa shape index (κ2) is 6.83. The van der Waals surface area contributed by atoms with Crippen molar-refractivity contribution in [2.45, 2.75) is 57.0 Å². The Kier molecular flexibility index (Phi) is 4.78. The largest absolute Gasteiger partial charge is 0.496 e. The van der Waals surface area contributed by atoms with Crippen LogP contribution in [0.1, 0.15) is 57.1 Å². The highest BCUT2D eigenvalue weighted by Gasteiger charge is 2.36. The number of carbonyl (C=O) groups excluding carboxylic acids is 2. The van der Waals surface area contributed by atoms with Crippen LogP contribution in [0, 0.1) is 0 Å². The Balaban J connectivity index is 1.67. The van der Waals surface area contributed by atoms with Gasteiger partial charge in [-0.25, -0.2) is 0 Å². The predicted octanol–water partition coefficient (Wildman–Crippen LogP) is 2.81. The van der Waals surface area contributed by atoms with Crippen molar-refractivity contribution in [3.63, 3.8) is 0 Å². The third kappa shape index (κ3) is 3.40. The highest BCUT2D eigenvalue weighted by molar-refractivity contribution is 5.80. The molecule has 0 spiro atoms. The molecule has 5 nitrogen and oxygen atoms in total. The Morgan fingerprint density at radius 1 is 1.42 bits per heavy atom. The van der Waals surface area contributed by atoms with Crippen molar-refractivity contribution in [3.05, 3.63) is 29.8 Å². The molecular weight excluding hydrogens is 304 g/mol. The number of likely N-dealkylation sites (tertiary alicyclic amines) is 1. The summed E-state index contributed by atoms with van der Waals surface area (Å²) in [6, 6.07) is 8.04. The minimum Gasteiger partial charge on any atom is -0.496 e. The van der Waals surface area contributed by atoms with E-state index in [1.165, 1.54) is 0 Å². The molecule has 1 N–H and O–H groups in total. The van der Waals surface area contributed by atoms with Gasteiger partial charge in [0.1, 0.15) is 5.75 Å². The topological polar surface area (TPSA) is 58.6 Å². The summed E-state index contributed by atoms with van der Waals surface area (Å²) >= 11 is 0. The molecule has 1 aromatic rings.